The summed E-state index contributed by atoms with van der Waals surface area (Å²) in [6.07, 6.45) is -0.837. The Kier molecular flexibility index (Phi) is 3.60. The van der Waals surface area contributed by atoms with E-state index in [0.717, 1.165) is 0 Å². The van der Waals surface area contributed by atoms with Gasteiger partial charge in [0.15, 0.2) is 5.75 Å². The lowest BCUT2D eigenvalue weighted by molar-refractivity contribution is -0.197. The molecule has 4 rings (SSSR count). The zero-order chi connectivity index (χ0) is 17.6. The Labute approximate surface area is 142 Å². The molecule has 25 heavy (non-hydrogen) atoms. The molecule has 1 saturated heterocycles. The van der Waals surface area contributed by atoms with Crippen molar-refractivity contribution in [3.8, 4) is 11.4 Å². The SMILES string of the molecule is CC(=O)NC[C@H]1CN(c2ccc3c(c2)OC(F)(F)c2nccn2-3)CO1. The number of anilines is 1. The maximum atomic E-state index is 14.1. The van der Waals surface area contributed by atoms with Gasteiger partial charge in [-0.1, -0.05) is 0 Å². The van der Waals surface area contributed by atoms with E-state index in [1.807, 2.05) is 11.0 Å². The average Bonchev–Trinajstić information content (AvgIpc) is 3.22. The lowest BCUT2D eigenvalue weighted by Gasteiger charge is -2.27. The van der Waals surface area contributed by atoms with Gasteiger partial charge >= 0.3 is 6.11 Å². The molecular formula is C16H16F2N4O3. The predicted molar refractivity (Wildman–Crippen MR) is 83.9 cm³/mol. The van der Waals surface area contributed by atoms with Crippen molar-refractivity contribution in [2.45, 2.75) is 19.1 Å². The number of rotatable bonds is 3. The highest BCUT2D eigenvalue weighted by molar-refractivity contribution is 5.72. The molecule has 2 aliphatic heterocycles. The Morgan fingerprint density at radius 3 is 3.12 bits per heavy atom. The van der Waals surface area contributed by atoms with Crippen molar-refractivity contribution in [2.24, 2.45) is 0 Å². The number of alkyl halides is 2. The number of carbonyl (C=O) groups is 1. The summed E-state index contributed by atoms with van der Waals surface area (Å²) in [7, 11) is 0. The van der Waals surface area contributed by atoms with Gasteiger partial charge in [-0.15, -0.1) is 0 Å². The molecule has 0 radical (unpaired) electrons. The molecule has 0 spiro atoms. The van der Waals surface area contributed by atoms with Crippen LogP contribution in [0.3, 0.4) is 0 Å². The summed E-state index contributed by atoms with van der Waals surface area (Å²) < 4.78 is 39.9. The molecule has 1 fully saturated rings. The van der Waals surface area contributed by atoms with E-state index in [1.165, 1.54) is 23.9 Å². The van der Waals surface area contributed by atoms with Gasteiger partial charge in [0.2, 0.25) is 11.7 Å². The van der Waals surface area contributed by atoms with E-state index in [9.17, 15) is 13.6 Å². The molecule has 132 valence electrons. The van der Waals surface area contributed by atoms with Gasteiger partial charge in [0.1, 0.15) is 6.73 Å². The van der Waals surface area contributed by atoms with Crippen molar-refractivity contribution in [1.29, 1.82) is 0 Å². The number of imidazole rings is 1. The largest absolute Gasteiger partial charge is 0.461 e. The Hall–Kier alpha value is -2.68. The molecule has 0 bridgehead atoms. The van der Waals surface area contributed by atoms with E-state index < -0.39 is 11.9 Å². The van der Waals surface area contributed by atoms with Crippen molar-refractivity contribution < 1.29 is 23.0 Å². The number of aromatic nitrogens is 2. The normalized spacial score (nSPS) is 20.6. The van der Waals surface area contributed by atoms with Crippen LogP contribution in [0.2, 0.25) is 0 Å². The van der Waals surface area contributed by atoms with Gasteiger partial charge in [0, 0.05) is 44.2 Å². The topological polar surface area (TPSA) is 68.6 Å². The number of nitrogens with one attached hydrogen (secondary N) is 1. The van der Waals surface area contributed by atoms with Crippen LogP contribution in [-0.4, -0.2) is 41.4 Å². The van der Waals surface area contributed by atoms with Crippen LogP contribution in [0.25, 0.3) is 5.69 Å². The minimum atomic E-state index is -3.48. The molecule has 9 heteroatoms. The second-order valence-corrected chi connectivity index (χ2v) is 5.97. The average molecular weight is 350 g/mol. The van der Waals surface area contributed by atoms with E-state index in [4.69, 9.17) is 9.47 Å². The number of fused-ring (bicyclic) bond motifs is 3. The quantitative estimate of drug-likeness (QED) is 0.911. The number of hydrogen-bond acceptors (Lipinski definition) is 5. The lowest BCUT2D eigenvalue weighted by Crippen LogP contribution is -2.33. The zero-order valence-corrected chi connectivity index (χ0v) is 13.4. The standard InChI is InChI=1S/C16H16F2N4O3/c1-10(23)20-7-12-8-21(9-24-12)11-2-3-13-14(6-11)25-16(17,18)15-19-4-5-22(13)15/h2-6,12H,7-9H2,1H3,(H,20,23)/t12-/m0/s1. The van der Waals surface area contributed by atoms with Crippen molar-refractivity contribution >= 4 is 11.6 Å². The van der Waals surface area contributed by atoms with Gasteiger partial charge < -0.3 is 19.7 Å². The van der Waals surface area contributed by atoms with Gasteiger partial charge in [0.05, 0.1) is 11.8 Å². The van der Waals surface area contributed by atoms with E-state index in [1.54, 1.807) is 12.1 Å². The fourth-order valence-corrected chi connectivity index (χ4v) is 2.98. The number of benzene rings is 1. The molecular weight excluding hydrogens is 334 g/mol. The van der Waals surface area contributed by atoms with E-state index in [-0.39, 0.29) is 17.8 Å². The van der Waals surface area contributed by atoms with E-state index in [0.29, 0.717) is 31.2 Å². The third-order valence-corrected chi connectivity index (χ3v) is 4.18. The van der Waals surface area contributed by atoms with Crippen LogP contribution in [0.5, 0.6) is 5.75 Å². The smallest absolute Gasteiger partial charge is 0.424 e. The van der Waals surface area contributed by atoms with Crippen molar-refractivity contribution in [3.63, 3.8) is 0 Å². The number of nitrogens with zero attached hydrogens (tertiary/aromatic N) is 3. The zero-order valence-electron chi connectivity index (χ0n) is 13.4. The third-order valence-electron chi connectivity index (χ3n) is 4.18. The maximum Gasteiger partial charge on any atom is 0.461 e. The maximum absolute atomic E-state index is 14.1. The van der Waals surface area contributed by atoms with Crippen LogP contribution >= 0.6 is 0 Å². The van der Waals surface area contributed by atoms with Crippen molar-refractivity contribution in [1.82, 2.24) is 14.9 Å². The van der Waals surface area contributed by atoms with Crippen LogP contribution in [0.15, 0.2) is 30.6 Å². The van der Waals surface area contributed by atoms with Crippen molar-refractivity contribution in [2.75, 3.05) is 24.7 Å². The van der Waals surface area contributed by atoms with Crippen LogP contribution in [-0.2, 0) is 15.6 Å². The molecule has 7 nitrogen and oxygen atoms in total. The fourth-order valence-electron chi connectivity index (χ4n) is 2.98. The summed E-state index contributed by atoms with van der Waals surface area (Å²) in [5, 5.41) is 2.70. The molecule has 1 aromatic heterocycles. The molecule has 1 amide bonds. The van der Waals surface area contributed by atoms with Gasteiger partial charge in [-0.25, -0.2) is 4.98 Å². The van der Waals surface area contributed by atoms with Crippen LogP contribution in [0, 0.1) is 0 Å². The number of carbonyl (C=O) groups excluding carboxylic acids is 1. The fraction of sp³-hybridized carbons (Fsp3) is 0.375. The van der Waals surface area contributed by atoms with E-state index >= 15 is 0 Å². The molecule has 0 aliphatic carbocycles. The summed E-state index contributed by atoms with van der Waals surface area (Å²) in [4.78, 5) is 16.6. The molecule has 1 atom stereocenters. The summed E-state index contributed by atoms with van der Waals surface area (Å²) in [5.41, 5.74) is 1.22. The number of amides is 1. The first-order valence-electron chi connectivity index (χ1n) is 7.80. The molecule has 1 aromatic carbocycles. The van der Waals surface area contributed by atoms with Gasteiger partial charge in [-0.3, -0.25) is 9.36 Å². The molecule has 1 N–H and O–H groups in total. The highest BCUT2D eigenvalue weighted by Gasteiger charge is 2.44. The minimum absolute atomic E-state index is 0.0818. The predicted octanol–water partition coefficient (Wildman–Crippen LogP) is 1.61. The molecule has 2 aliphatic rings. The van der Waals surface area contributed by atoms with Gasteiger partial charge in [0.25, 0.3) is 0 Å². The number of hydrogen-bond donors (Lipinski definition) is 1. The first-order valence-corrected chi connectivity index (χ1v) is 7.80. The molecule has 3 heterocycles. The molecule has 0 unspecified atom stereocenters. The Bertz CT molecular complexity index is 823. The highest BCUT2D eigenvalue weighted by Crippen LogP contribution is 2.42. The number of ether oxygens (including phenoxy) is 2. The first-order chi connectivity index (χ1) is 11.9. The lowest BCUT2D eigenvalue weighted by atomic mass is 10.2. The Morgan fingerprint density at radius 2 is 2.32 bits per heavy atom. The Morgan fingerprint density at radius 1 is 1.48 bits per heavy atom. The van der Waals surface area contributed by atoms with Crippen LogP contribution in [0.4, 0.5) is 14.5 Å². The summed E-state index contributed by atoms with van der Waals surface area (Å²) >= 11 is 0. The second-order valence-electron chi connectivity index (χ2n) is 5.97. The third kappa shape index (κ3) is 2.80. The Balaban J connectivity index is 1.56. The second kappa shape index (κ2) is 5.69. The van der Waals surface area contributed by atoms with Gasteiger partial charge in [-0.2, -0.15) is 8.78 Å². The van der Waals surface area contributed by atoms with Crippen molar-refractivity contribution in [3.05, 3.63) is 36.4 Å². The summed E-state index contributed by atoms with van der Waals surface area (Å²) in [6, 6.07) is 5.10. The first kappa shape index (κ1) is 15.8. The minimum Gasteiger partial charge on any atom is -0.424 e. The monoisotopic (exact) mass is 350 g/mol. The molecule has 2 aromatic rings. The van der Waals surface area contributed by atoms with Gasteiger partial charge in [-0.05, 0) is 12.1 Å². The van der Waals surface area contributed by atoms with Crippen LogP contribution in [0.1, 0.15) is 12.7 Å². The summed E-state index contributed by atoms with van der Waals surface area (Å²) in [6.45, 7) is 2.71. The highest BCUT2D eigenvalue weighted by atomic mass is 19.3. The van der Waals surface area contributed by atoms with E-state index in [2.05, 4.69) is 10.3 Å². The van der Waals surface area contributed by atoms with Crippen LogP contribution < -0.4 is 15.0 Å². The summed E-state index contributed by atoms with van der Waals surface area (Å²) in [5.74, 6) is -0.478. The molecule has 0 saturated carbocycles. The number of halogens is 2.